The van der Waals surface area contributed by atoms with Gasteiger partial charge >= 0.3 is 6.16 Å². The van der Waals surface area contributed by atoms with Gasteiger partial charge in [-0.25, -0.2) is 4.79 Å². The lowest BCUT2D eigenvalue weighted by Crippen LogP contribution is -2.46. The molecule has 3 unspecified atom stereocenters. The zero-order chi connectivity index (χ0) is 21.7. The predicted molar refractivity (Wildman–Crippen MR) is 109 cm³/mol. The summed E-state index contributed by atoms with van der Waals surface area (Å²) in [4.78, 5) is 20.6. The van der Waals surface area contributed by atoms with Crippen molar-refractivity contribution in [1.82, 2.24) is 14.9 Å². The highest BCUT2D eigenvalue weighted by atomic mass is 16.7. The van der Waals surface area contributed by atoms with Gasteiger partial charge in [0.2, 0.25) is 5.88 Å². The number of methoxy groups -OCH3 is 1. The average Bonchev–Trinajstić information content (AvgIpc) is 3.01. The molecule has 3 N–H and O–H groups in total. The highest BCUT2D eigenvalue weighted by Gasteiger charge is 2.30. The first-order chi connectivity index (χ1) is 14.4. The lowest BCUT2D eigenvalue weighted by molar-refractivity contribution is -0.0570. The van der Waals surface area contributed by atoms with Crippen LogP contribution in [-0.2, 0) is 4.74 Å². The van der Waals surface area contributed by atoms with E-state index in [1.165, 1.54) is 7.11 Å². The number of carbonyl (C=O) groups is 1. The van der Waals surface area contributed by atoms with E-state index in [0.29, 0.717) is 18.7 Å². The molecule has 0 radical (unpaired) electrons. The van der Waals surface area contributed by atoms with Crippen LogP contribution in [0.25, 0.3) is 0 Å². The first-order valence-corrected chi connectivity index (χ1v) is 9.97. The Kier molecular flexibility index (Phi) is 7.30. The summed E-state index contributed by atoms with van der Waals surface area (Å²) in [6.07, 6.45) is 0.840. The summed E-state index contributed by atoms with van der Waals surface area (Å²) >= 11 is 0. The van der Waals surface area contributed by atoms with Crippen LogP contribution in [0.1, 0.15) is 35.7 Å². The van der Waals surface area contributed by atoms with Crippen LogP contribution >= 0.6 is 0 Å². The summed E-state index contributed by atoms with van der Waals surface area (Å²) in [5.74, 6) is 0.695. The fourth-order valence-electron chi connectivity index (χ4n) is 3.63. The molecule has 3 rings (SSSR count). The number of hydrogen-bond donors (Lipinski definition) is 3. The highest BCUT2D eigenvalue weighted by Crippen LogP contribution is 2.33. The van der Waals surface area contributed by atoms with Crippen molar-refractivity contribution in [3.05, 3.63) is 41.3 Å². The van der Waals surface area contributed by atoms with Crippen LogP contribution in [0.5, 0.6) is 11.6 Å². The Hall–Kier alpha value is -2.62. The molecule has 3 heterocycles. The lowest BCUT2D eigenvalue weighted by Gasteiger charge is -2.37. The van der Waals surface area contributed by atoms with Crippen LogP contribution in [0.15, 0.2) is 24.4 Å². The summed E-state index contributed by atoms with van der Waals surface area (Å²) in [6, 6.07) is 5.80. The van der Waals surface area contributed by atoms with E-state index in [0.717, 1.165) is 23.4 Å². The van der Waals surface area contributed by atoms with E-state index in [2.05, 4.69) is 14.7 Å². The number of likely N-dealkylation sites (tertiary alicyclic amines) is 1. The molecule has 2 aromatic heterocycles. The molecule has 0 aliphatic carbocycles. The van der Waals surface area contributed by atoms with Crippen molar-refractivity contribution in [1.29, 1.82) is 0 Å². The SMILES string of the molecule is COC(=O)Oc1[nH]c(C)c(C)c1OCC(O)CN1CCC(c2ccccn2)CC1O. The van der Waals surface area contributed by atoms with Crippen LogP contribution < -0.4 is 9.47 Å². The smallest absolute Gasteiger partial charge is 0.485 e. The maximum atomic E-state index is 11.4. The van der Waals surface area contributed by atoms with Crippen LogP contribution in [0, 0.1) is 13.8 Å². The Bertz CT molecular complexity index is 841. The van der Waals surface area contributed by atoms with E-state index in [1.807, 2.05) is 36.9 Å². The van der Waals surface area contributed by atoms with Crippen molar-refractivity contribution < 1.29 is 29.2 Å². The molecule has 0 amide bonds. The van der Waals surface area contributed by atoms with Crippen molar-refractivity contribution in [2.45, 2.75) is 44.9 Å². The summed E-state index contributed by atoms with van der Waals surface area (Å²) in [6.45, 7) is 4.56. The molecule has 3 atom stereocenters. The molecule has 1 saturated heterocycles. The van der Waals surface area contributed by atoms with Crippen molar-refractivity contribution in [2.75, 3.05) is 26.8 Å². The van der Waals surface area contributed by atoms with Gasteiger partial charge in [0.15, 0.2) is 5.75 Å². The highest BCUT2D eigenvalue weighted by molar-refractivity contribution is 5.65. The standard InChI is InChI=1S/C21H29N3O6/c1-13-14(2)23-20(30-21(27)28-3)19(13)29-12-16(25)11-24-9-7-15(10-18(24)26)17-6-4-5-8-22-17/h4-6,8,15-16,18,23,25-26H,7,9-12H2,1-3H3. The number of aromatic amines is 1. The normalized spacial score (nSPS) is 20.6. The van der Waals surface area contributed by atoms with Crippen LogP contribution in [-0.4, -0.2) is 70.4 Å². The molecular formula is C21H29N3O6. The van der Waals surface area contributed by atoms with Gasteiger partial charge in [-0.2, -0.15) is 0 Å². The number of aliphatic hydroxyl groups excluding tert-OH is 2. The fraction of sp³-hybridized carbons (Fsp3) is 0.524. The number of β-amino-alcohol motifs (C(OH)–C–C–N with tert-alkyl or cyclic N) is 1. The third-order valence-corrected chi connectivity index (χ3v) is 5.42. The number of nitrogens with one attached hydrogen (secondary N) is 1. The zero-order valence-electron chi connectivity index (χ0n) is 17.5. The third-order valence-electron chi connectivity index (χ3n) is 5.42. The number of aromatic nitrogens is 2. The van der Waals surface area contributed by atoms with Crippen LogP contribution in [0.4, 0.5) is 4.79 Å². The average molecular weight is 419 g/mol. The molecule has 1 aliphatic heterocycles. The number of H-pyrrole nitrogens is 1. The van der Waals surface area contributed by atoms with Gasteiger partial charge in [-0.05, 0) is 38.8 Å². The van der Waals surface area contributed by atoms with Crippen molar-refractivity contribution in [3.8, 4) is 11.6 Å². The number of carbonyl (C=O) groups excluding carboxylic acids is 1. The minimum absolute atomic E-state index is 0.0114. The number of aryl methyl sites for hydroxylation is 1. The largest absolute Gasteiger partial charge is 0.514 e. The number of pyridine rings is 1. The zero-order valence-corrected chi connectivity index (χ0v) is 17.5. The number of rotatable bonds is 7. The van der Waals surface area contributed by atoms with E-state index < -0.39 is 18.5 Å². The van der Waals surface area contributed by atoms with Gasteiger partial charge in [0.05, 0.1) is 7.11 Å². The van der Waals surface area contributed by atoms with E-state index in [-0.39, 0.29) is 24.9 Å². The Morgan fingerprint density at radius 1 is 1.40 bits per heavy atom. The topological polar surface area (TPSA) is 117 Å². The second-order valence-electron chi connectivity index (χ2n) is 7.51. The number of ether oxygens (including phenoxy) is 3. The van der Waals surface area contributed by atoms with E-state index >= 15 is 0 Å². The third kappa shape index (κ3) is 5.29. The van der Waals surface area contributed by atoms with Crippen LogP contribution in [0.3, 0.4) is 0 Å². The lowest BCUT2D eigenvalue weighted by atomic mass is 9.91. The Balaban J connectivity index is 1.53. The molecule has 9 nitrogen and oxygen atoms in total. The second-order valence-corrected chi connectivity index (χ2v) is 7.51. The monoisotopic (exact) mass is 419 g/mol. The first-order valence-electron chi connectivity index (χ1n) is 9.97. The van der Waals surface area contributed by atoms with Gasteiger partial charge in [-0.15, -0.1) is 0 Å². The summed E-state index contributed by atoms with van der Waals surface area (Å²) < 4.78 is 15.3. The minimum atomic E-state index is -0.861. The molecule has 164 valence electrons. The maximum Gasteiger partial charge on any atom is 0.514 e. The number of piperidine rings is 1. The van der Waals surface area contributed by atoms with Gasteiger partial charge < -0.3 is 29.4 Å². The van der Waals surface area contributed by atoms with E-state index in [1.54, 1.807) is 6.20 Å². The summed E-state index contributed by atoms with van der Waals surface area (Å²) in [5.41, 5.74) is 2.54. The summed E-state index contributed by atoms with van der Waals surface area (Å²) in [7, 11) is 1.22. The number of aliphatic hydroxyl groups is 2. The quantitative estimate of drug-likeness (QED) is 0.584. The van der Waals surface area contributed by atoms with E-state index in [9.17, 15) is 15.0 Å². The number of hydrogen-bond acceptors (Lipinski definition) is 8. The fourth-order valence-corrected chi connectivity index (χ4v) is 3.63. The van der Waals surface area contributed by atoms with Gasteiger partial charge in [0, 0.05) is 42.2 Å². The van der Waals surface area contributed by atoms with Gasteiger partial charge in [-0.1, -0.05) is 6.07 Å². The molecule has 9 heteroatoms. The molecule has 1 fully saturated rings. The van der Waals surface area contributed by atoms with E-state index in [4.69, 9.17) is 9.47 Å². The number of nitrogens with zero attached hydrogens (tertiary/aromatic N) is 2. The van der Waals surface area contributed by atoms with Crippen LogP contribution in [0.2, 0.25) is 0 Å². The van der Waals surface area contributed by atoms with Gasteiger partial charge in [-0.3, -0.25) is 9.88 Å². The second kappa shape index (κ2) is 9.92. The molecule has 0 aromatic carbocycles. The molecule has 0 spiro atoms. The molecule has 30 heavy (non-hydrogen) atoms. The molecule has 0 saturated carbocycles. The van der Waals surface area contributed by atoms with Crippen molar-refractivity contribution in [2.24, 2.45) is 0 Å². The molecule has 1 aliphatic rings. The minimum Gasteiger partial charge on any atom is -0.485 e. The van der Waals surface area contributed by atoms with Gasteiger partial charge in [0.25, 0.3) is 0 Å². The molecule has 2 aromatic rings. The predicted octanol–water partition coefficient (Wildman–Crippen LogP) is 2.11. The molecule has 0 bridgehead atoms. The Morgan fingerprint density at radius 3 is 2.87 bits per heavy atom. The van der Waals surface area contributed by atoms with Gasteiger partial charge in [0.1, 0.15) is 18.9 Å². The van der Waals surface area contributed by atoms with Crippen molar-refractivity contribution >= 4 is 6.16 Å². The molecular weight excluding hydrogens is 390 g/mol. The first kappa shape index (κ1) is 22.1. The summed E-state index contributed by atoms with van der Waals surface area (Å²) in [5, 5.41) is 21.0. The Morgan fingerprint density at radius 2 is 2.20 bits per heavy atom. The van der Waals surface area contributed by atoms with Crippen molar-refractivity contribution in [3.63, 3.8) is 0 Å². The Labute approximate surface area is 175 Å². The maximum absolute atomic E-state index is 11.4.